The van der Waals surface area contributed by atoms with Crippen molar-refractivity contribution >= 4 is 21.6 Å². The number of halogens is 1. The molecule has 0 unspecified atom stereocenters. The lowest BCUT2D eigenvalue weighted by Crippen LogP contribution is -2.00. The normalized spacial score (nSPS) is 10.2. The van der Waals surface area contributed by atoms with Crippen LogP contribution in [0.3, 0.4) is 0 Å². The summed E-state index contributed by atoms with van der Waals surface area (Å²) in [6.45, 7) is 0.515. The SMILES string of the molecule is COc1ccc(NCc2cc(Br)c(O)c(OC)c2)cc1O. The number of rotatable bonds is 5. The monoisotopic (exact) mass is 353 g/mol. The average molecular weight is 354 g/mol. The molecule has 2 aromatic rings. The molecule has 0 radical (unpaired) electrons. The molecular weight excluding hydrogens is 338 g/mol. The van der Waals surface area contributed by atoms with Crippen LogP contribution < -0.4 is 14.8 Å². The molecule has 3 N–H and O–H groups in total. The summed E-state index contributed by atoms with van der Waals surface area (Å²) in [7, 11) is 3.00. The number of ether oxygens (including phenoxy) is 2. The van der Waals surface area contributed by atoms with Crippen LogP contribution in [0.4, 0.5) is 5.69 Å². The highest BCUT2D eigenvalue weighted by Crippen LogP contribution is 2.35. The molecule has 2 aromatic carbocycles. The highest BCUT2D eigenvalue weighted by atomic mass is 79.9. The summed E-state index contributed by atoms with van der Waals surface area (Å²) in [6.07, 6.45) is 0. The molecule has 0 spiro atoms. The predicted octanol–water partition coefficient (Wildman–Crippen LogP) is 3.49. The molecule has 0 amide bonds. The minimum Gasteiger partial charge on any atom is -0.504 e. The van der Waals surface area contributed by atoms with Crippen molar-refractivity contribution in [2.75, 3.05) is 19.5 Å². The fraction of sp³-hybridized carbons (Fsp3) is 0.200. The number of methoxy groups -OCH3 is 2. The van der Waals surface area contributed by atoms with Gasteiger partial charge in [-0.2, -0.15) is 0 Å². The Morgan fingerprint density at radius 1 is 1.05 bits per heavy atom. The van der Waals surface area contributed by atoms with Crippen LogP contribution in [0, 0.1) is 0 Å². The van der Waals surface area contributed by atoms with Crippen molar-refractivity contribution in [1.29, 1.82) is 0 Å². The van der Waals surface area contributed by atoms with Crippen LogP contribution >= 0.6 is 15.9 Å². The minimum atomic E-state index is 0.0725. The Labute approximate surface area is 131 Å². The van der Waals surface area contributed by atoms with Gasteiger partial charge in [0.05, 0.1) is 18.7 Å². The van der Waals surface area contributed by atoms with Crippen molar-refractivity contribution in [3.05, 3.63) is 40.4 Å². The van der Waals surface area contributed by atoms with Crippen molar-refractivity contribution in [3.63, 3.8) is 0 Å². The largest absolute Gasteiger partial charge is 0.504 e. The third-order valence-electron chi connectivity index (χ3n) is 2.98. The van der Waals surface area contributed by atoms with E-state index in [4.69, 9.17) is 9.47 Å². The fourth-order valence-electron chi connectivity index (χ4n) is 1.89. The van der Waals surface area contributed by atoms with E-state index < -0.39 is 0 Å². The quantitative estimate of drug-likeness (QED) is 0.767. The van der Waals surface area contributed by atoms with Gasteiger partial charge >= 0.3 is 0 Å². The molecule has 0 fully saturated rings. The fourth-order valence-corrected chi connectivity index (χ4v) is 2.38. The minimum absolute atomic E-state index is 0.0725. The first kappa shape index (κ1) is 15.3. The molecule has 0 heterocycles. The van der Waals surface area contributed by atoms with E-state index in [-0.39, 0.29) is 11.5 Å². The molecule has 0 atom stereocenters. The molecule has 0 aliphatic carbocycles. The third kappa shape index (κ3) is 3.52. The van der Waals surface area contributed by atoms with Crippen LogP contribution in [-0.4, -0.2) is 24.4 Å². The summed E-state index contributed by atoms with van der Waals surface area (Å²) < 4.78 is 10.7. The molecule has 0 saturated heterocycles. The number of phenols is 2. The molecule has 6 heteroatoms. The van der Waals surface area contributed by atoms with E-state index in [1.165, 1.54) is 14.2 Å². The van der Waals surface area contributed by atoms with Crippen molar-refractivity contribution in [2.24, 2.45) is 0 Å². The van der Waals surface area contributed by atoms with Crippen molar-refractivity contribution in [1.82, 2.24) is 0 Å². The topological polar surface area (TPSA) is 71.0 Å². The maximum Gasteiger partial charge on any atom is 0.172 e. The van der Waals surface area contributed by atoms with Gasteiger partial charge in [0.1, 0.15) is 0 Å². The lowest BCUT2D eigenvalue weighted by molar-refractivity contribution is 0.371. The number of nitrogens with one attached hydrogen (secondary N) is 1. The zero-order chi connectivity index (χ0) is 15.4. The second-order valence-electron chi connectivity index (χ2n) is 4.37. The Balaban J connectivity index is 2.13. The second kappa shape index (κ2) is 6.58. The molecule has 21 heavy (non-hydrogen) atoms. The summed E-state index contributed by atoms with van der Waals surface area (Å²) in [6, 6.07) is 8.63. The van der Waals surface area contributed by atoms with Crippen molar-refractivity contribution in [2.45, 2.75) is 6.54 Å². The van der Waals surface area contributed by atoms with E-state index in [0.717, 1.165) is 11.3 Å². The molecular formula is C15H16BrNO4. The van der Waals surface area contributed by atoms with Crippen molar-refractivity contribution < 1.29 is 19.7 Å². The summed E-state index contributed by atoms with van der Waals surface area (Å²) in [5, 5.41) is 22.7. The van der Waals surface area contributed by atoms with E-state index in [9.17, 15) is 10.2 Å². The van der Waals surface area contributed by atoms with Gasteiger partial charge in [-0.25, -0.2) is 0 Å². The third-order valence-corrected chi connectivity index (χ3v) is 3.59. The van der Waals surface area contributed by atoms with Gasteiger partial charge in [-0.05, 0) is 45.8 Å². The summed E-state index contributed by atoms with van der Waals surface area (Å²) >= 11 is 3.28. The summed E-state index contributed by atoms with van der Waals surface area (Å²) in [4.78, 5) is 0. The lowest BCUT2D eigenvalue weighted by Gasteiger charge is -2.11. The Hall–Kier alpha value is -2.08. The van der Waals surface area contributed by atoms with E-state index in [1.54, 1.807) is 24.3 Å². The van der Waals surface area contributed by atoms with E-state index in [0.29, 0.717) is 22.5 Å². The first-order valence-electron chi connectivity index (χ1n) is 6.21. The number of aromatic hydroxyl groups is 2. The number of benzene rings is 2. The first-order valence-corrected chi connectivity index (χ1v) is 7.00. The van der Waals surface area contributed by atoms with Crippen LogP contribution in [0.15, 0.2) is 34.8 Å². The zero-order valence-electron chi connectivity index (χ0n) is 11.7. The first-order chi connectivity index (χ1) is 10.0. The molecule has 0 saturated carbocycles. The van der Waals surface area contributed by atoms with Gasteiger partial charge in [-0.3, -0.25) is 0 Å². The maximum absolute atomic E-state index is 9.76. The van der Waals surface area contributed by atoms with Gasteiger partial charge in [0.15, 0.2) is 23.0 Å². The van der Waals surface area contributed by atoms with Gasteiger partial charge in [-0.1, -0.05) is 0 Å². The van der Waals surface area contributed by atoms with E-state index >= 15 is 0 Å². The van der Waals surface area contributed by atoms with Gasteiger partial charge in [0, 0.05) is 18.3 Å². The number of phenolic OH excluding ortho intramolecular Hbond substituents is 2. The molecule has 0 aliphatic rings. The van der Waals surface area contributed by atoms with E-state index in [1.807, 2.05) is 6.07 Å². The lowest BCUT2D eigenvalue weighted by atomic mass is 10.2. The Morgan fingerprint density at radius 3 is 2.38 bits per heavy atom. The molecule has 112 valence electrons. The van der Waals surface area contributed by atoms with Crippen LogP contribution in [0.5, 0.6) is 23.0 Å². The molecule has 2 rings (SSSR count). The Morgan fingerprint density at radius 2 is 1.76 bits per heavy atom. The number of hydrogen-bond acceptors (Lipinski definition) is 5. The van der Waals surface area contributed by atoms with Gasteiger partial charge in [0.25, 0.3) is 0 Å². The molecule has 5 nitrogen and oxygen atoms in total. The second-order valence-corrected chi connectivity index (χ2v) is 5.22. The Bertz CT molecular complexity index is 646. The van der Waals surface area contributed by atoms with Crippen LogP contribution in [0.2, 0.25) is 0 Å². The van der Waals surface area contributed by atoms with Gasteiger partial charge in [-0.15, -0.1) is 0 Å². The maximum atomic E-state index is 9.76. The summed E-state index contributed by atoms with van der Waals surface area (Å²) in [5.41, 5.74) is 1.68. The predicted molar refractivity (Wildman–Crippen MR) is 84.3 cm³/mol. The Kier molecular flexibility index (Phi) is 4.80. The summed E-state index contributed by atoms with van der Waals surface area (Å²) in [5.74, 6) is 0.976. The standard InChI is InChI=1S/C15H16BrNO4/c1-20-13-4-3-10(7-12(13)18)17-8-9-5-11(16)15(19)14(6-9)21-2/h3-7,17-19H,8H2,1-2H3. The van der Waals surface area contributed by atoms with Gasteiger partial charge in [0.2, 0.25) is 0 Å². The van der Waals surface area contributed by atoms with Gasteiger partial charge < -0.3 is 25.0 Å². The van der Waals surface area contributed by atoms with E-state index in [2.05, 4.69) is 21.2 Å². The average Bonchev–Trinajstić information content (AvgIpc) is 2.48. The van der Waals surface area contributed by atoms with Crippen LogP contribution in [-0.2, 0) is 6.54 Å². The molecule has 0 aliphatic heterocycles. The van der Waals surface area contributed by atoms with Crippen LogP contribution in [0.1, 0.15) is 5.56 Å². The molecule has 0 bridgehead atoms. The number of anilines is 1. The highest BCUT2D eigenvalue weighted by molar-refractivity contribution is 9.10. The highest BCUT2D eigenvalue weighted by Gasteiger charge is 2.09. The van der Waals surface area contributed by atoms with Crippen LogP contribution in [0.25, 0.3) is 0 Å². The smallest absolute Gasteiger partial charge is 0.172 e. The van der Waals surface area contributed by atoms with Crippen molar-refractivity contribution in [3.8, 4) is 23.0 Å². The molecule has 0 aromatic heterocycles. The zero-order valence-corrected chi connectivity index (χ0v) is 13.3. The number of hydrogen-bond donors (Lipinski definition) is 3.